The molecule has 0 unspecified atom stereocenters. The minimum Gasteiger partial charge on any atom is -0.480 e. The average Bonchev–Trinajstić information content (AvgIpc) is 2.93. The van der Waals surface area contributed by atoms with Gasteiger partial charge in [-0.2, -0.15) is 11.8 Å². The number of carboxylic acid groups (broad SMARTS) is 1. The Morgan fingerprint density at radius 1 is 1.00 bits per heavy atom. The molecule has 0 saturated carbocycles. The topological polar surface area (TPSA) is 150 Å². The molecule has 11 heteroatoms. The number of benzene rings is 2. The van der Waals surface area contributed by atoms with Crippen molar-refractivity contribution in [2.75, 3.05) is 12.0 Å². The largest absolute Gasteiger partial charge is 0.480 e. The number of para-hydroxylation sites is 1. The number of aromatic nitrogens is 2. The Balaban J connectivity index is 2.00. The maximum atomic E-state index is 13.7. The average molecular weight is 555 g/mol. The maximum Gasteiger partial charge on any atom is 0.329 e. The summed E-state index contributed by atoms with van der Waals surface area (Å²) in [6.07, 6.45) is 2.64. The molecule has 0 spiro atoms. The van der Waals surface area contributed by atoms with Crippen molar-refractivity contribution in [3.05, 3.63) is 81.0 Å². The summed E-state index contributed by atoms with van der Waals surface area (Å²) in [7, 11) is 0. The summed E-state index contributed by atoms with van der Waals surface area (Å²) in [5.74, 6) is -2.31. The number of hydrogen-bond donors (Lipinski definition) is 4. The molecule has 1 aromatic heterocycles. The highest BCUT2D eigenvalue weighted by molar-refractivity contribution is 7.98. The third kappa shape index (κ3) is 7.38. The summed E-state index contributed by atoms with van der Waals surface area (Å²) < 4.78 is 0.882. The van der Waals surface area contributed by atoms with Crippen molar-refractivity contribution in [1.82, 2.24) is 20.2 Å². The standard InChI is InChI=1S/C28H34N4O6S/c1-4-17(2)23(27(36)37)31-24(33)21(14-15-39-3)29-25(34)22(16-18-10-6-5-7-11-18)32-26(35)19-12-8-9-13-20(19)30-28(32)38/h5-13,17,21-23H,4,14-16H2,1-3H3,(H,29,34)(H,30,38)(H,31,33)(H,36,37)/t17-,21+,22+,23+/m1/s1. The van der Waals surface area contributed by atoms with Gasteiger partial charge in [-0.25, -0.2) is 14.2 Å². The Morgan fingerprint density at radius 2 is 1.67 bits per heavy atom. The molecule has 0 aliphatic heterocycles. The fourth-order valence-electron chi connectivity index (χ4n) is 4.31. The molecule has 0 radical (unpaired) electrons. The summed E-state index contributed by atoms with van der Waals surface area (Å²) >= 11 is 1.47. The number of aromatic amines is 1. The van der Waals surface area contributed by atoms with Crippen LogP contribution in [-0.2, 0) is 20.8 Å². The van der Waals surface area contributed by atoms with Crippen molar-refractivity contribution >= 4 is 40.4 Å². The monoisotopic (exact) mass is 554 g/mol. The second-order valence-electron chi connectivity index (χ2n) is 9.41. The van der Waals surface area contributed by atoms with E-state index in [2.05, 4.69) is 15.6 Å². The molecule has 10 nitrogen and oxygen atoms in total. The van der Waals surface area contributed by atoms with Crippen molar-refractivity contribution in [3.63, 3.8) is 0 Å². The second-order valence-corrected chi connectivity index (χ2v) is 10.4. The van der Waals surface area contributed by atoms with Crippen LogP contribution in [0.5, 0.6) is 0 Å². The Hall–Kier alpha value is -3.86. The number of amides is 2. The Bertz CT molecular complexity index is 1420. The number of H-pyrrole nitrogens is 1. The summed E-state index contributed by atoms with van der Waals surface area (Å²) in [5.41, 5.74) is -0.310. The summed E-state index contributed by atoms with van der Waals surface area (Å²) in [4.78, 5) is 67.9. The first-order valence-corrected chi connectivity index (χ1v) is 14.2. The van der Waals surface area contributed by atoms with Crippen LogP contribution in [0.2, 0.25) is 0 Å². The first-order chi connectivity index (χ1) is 18.7. The molecule has 0 aliphatic carbocycles. The lowest BCUT2D eigenvalue weighted by Crippen LogP contribution is -2.55. The zero-order chi connectivity index (χ0) is 28.5. The fourth-order valence-corrected chi connectivity index (χ4v) is 4.78. The van der Waals surface area contributed by atoms with E-state index in [0.717, 1.165) is 4.57 Å². The predicted octanol–water partition coefficient (Wildman–Crippen LogP) is 2.33. The first kappa shape index (κ1) is 29.7. The van der Waals surface area contributed by atoms with Crippen molar-refractivity contribution in [3.8, 4) is 0 Å². The van der Waals surface area contributed by atoms with Crippen LogP contribution >= 0.6 is 11.8 Å². The lowest BCUT2D eigenvalue weighted by atomic mass is 9.98. The van der Waals surface area contributed by atoms with Crippen LogP contribution in [0.1, 0.15) is 38.3 Å². The van der Waals surface area contributed by atoms with Crippen LogP contribution in [0, 0.1) is 5.92 Å². The normalized spacial score (nSPS) is 14.2. The van der Waals surface area contributed by atoms with E-state index in [1.54, 1.807) is 55.5 Å². The van der Waals surface area contributed by atoms with Crippen molar-refractivity contribution in [2.45, 2.75) is 51.2 Å². The molecule has 0 fully saturated rings. The molecule has 4 atom stereocenters. The molecule has 0 saturated heterocycles. The van der Waals surface area contributed by atoms with Gasteiger partial charge in [0, 0.05) is 6.42 Å². The van der Waals surface area contributed by atoms with E-state index in [0.29, 0.717) is 23.3 Å². The van der Waals surface area contributed by atoms with Gasteiger partial charge >= 0.3 is 11.7 Å². The van der Waals surface area contributed by atoms with E-state index < -0.39 is 47.2 Å². The van der Waals surface area contributed by atoms with Gasteiger partial charge in [-0.15, -0.1) is 0 Å². The van der Waals surface area contributed by atoms with Gasteiger partial charge in [0.05, 0.1) is 10.9 Å². The minimum atomic E-state index is -1.26. The van der Waals surface area contributed by atoms with Crippen molar-refractivity contribution in [2.24, 2.45) is 5.92 Å². The van der Waals surface area contributed by atoms with Gasteiger partial charge in [-0.1, -0.05) is 62.7 Å². The predicted molar refractivity (Wildman–Crippen MR) is 152 cm³/mol. The van der Waals surface area contributed by atoms with E-state index in [9.17, 15) is 29.1 Å². The number of carboxylic acids is 1. The molecule has 208 valence electrons. The molecular weight excluding hydrogens is 520 g/mol. The fraction of sp³-hybridized carbons (Fsp3) is 0.393. The highest BCUT2D eigenvalue weighted by atomic mass is 32.2. The SMILES string of the molecule is CC[C@@H](C)[C@H](NC(=O)[C@H](CCSC)NC(=O)[C@H](Cc1ccccc1)n1c(=O)[nH]c2ccccc2c1=O)C(=O)O. The maximum absolute atomic E-state index is 13.7. The first-order valence-electron chi connectivity index (χ1n) is 12.8. The zero-order valence-electron chi connectivity index (χ0n) is 22.2. The number of thioether (sulfide) groups is 1. The van der Waals surface area contributed by atoms with Gasteiger partial charge in [-0.3, -0.25) is 14.4 Å². The highest BCUT2D eigenvalue weighted by Gasteiger charge is 2.32. The van der Waals surface area contributed by atoms with Crippen LogP contribution in [0.3, 0.4) is 0 Å². The summed E-state index contributed by atoms with van der Waals surface area (Å²) in [6.45, 7) is 3.55. The van der Waals surface area contributed by atoms with Crippen molar-refractivity contribution < 1.29 is 19.5 Å². The Morgan fingerprint density at radius 3 is 2.31 bits per heavy atom. The minimum absolute atomic E-state index is 0.0233. The van der Waals surface area contributed by atoms with Crippen molar-refractivity contribution in [1.29, 1.82) is 0 Å². The number of fused-ring (bicyclic) bond motifs is 1. The van der Waals surface area contributed by atoms with E-state index in [4.69, 9.17) is 0 Å². The Labute approximate surface area is 230 Å². The third-order valence-corrected chi connectivity index (χ3v) is 7.39. The molecule has 3 rings (SSSR count). The highest BCUT2D eigenvalue weighted by Crippen LogP contribution is 2.15. The second kappa shape index (κ2) is 13.8. The van der Waals surface area contributed by atoms with Gasteiger partial charge in [-0.05, 0) is 42.0 Å². The van der Waals surface area contributed by atoms with Crippen LogP contribution in [0.4, 0.5) is 0 Å². The molecule has 0 bridgehead atoms. The molecule has 0 aliphatic rings. The van der Waals surface area contributed by atoms with E-state index in [1.807, 2.05) is 19.2 Å². The molecule has 39 heavy (non-hydrogen) atoms. The number of nitrogens with zero attached hydrogens (tertiary/aromatic N) is 1. The molecule has 2 amide bonds. The molecule has 3 aromatic rings. The van der Waals surface area contributed by atoms with Crippen LogP contribution in [0.25, 0.3) is 10.9 Å². The van der Waals surface area contributed by atoms with Gasteiger partial charge in [0.25, 0.3) is 5.56 Å². The number of nitrogens with one attached hydrogen (secondary N) is 3. The van der Waals surface area contributed by atoms with Gasteiger partial charge in [0.1, 0.15) is 18.1 Å². The van der Waals surface area contributed by atoms with Gasteiger partial charge < -0.3 is 20.7 Å². The van der Waals surface area contributed by atoms with E-state index in [1.165, 1.54) is 11.8 Å². The molecule has 4 N–H and O–H groups in total. The number of carbonyl (C=O) groups excluding carboxylic acids is 2. The number of hydrogen-bond acceptors (Lipinski definition) is 6. The van der Waals surface area contributed by atoms with Gasteiger partial charge in [0.2, 0.25) is 11.8 Å². The smallest absolute Gasteiger partial charge is 0.329 e. The number of rotatable bonds is 13. The van der Waals surface area contributed by atoms with E-state index >= 15 is 0 Å². The van der Waals surface area contributed by atoms with E-state index in [-0.39, 0.29) is 24.1 Å². The van der Waals surface area contributed by atoms with Crippen LogP contribution < -0.4 is 21.9 Å². The van der Waals surface area contributed by atoms with Crippen LogP contribution in [0.15, 0.2) is 64.2 Å². The lowest BCUT2D eigenvalue weighted by molar-refractivity contribution is -0.143. The summed E-state index contributed by atoms with van der Waals surface area (Å²) in [5, 5.41) is 15.1. The van der Waals surface area contributed by atoms with Gasteiger partial charge in [0.15, 0.2) is 0 Å². The third-order valence-electron chi connectivity index (χ3n) is 6.74. The number of carbonyl (C=O) groups is 3. The molecular formula is C28H34N4O6S. The molecule has 1 heterocycles. The number of aliphatic carboxylic acids is 1. The lowest BCUT2D eigenvalue weighted by Gasteiger charge is -2.26. The summed E-state index contributed by atoms with van der Waals surface area (Å²) in [6, 6.07) is 12.0. The van der Waals surface area contributed by atoms with Crippen LogP contribution in [-0.4, -0.2) is 56.5 Å². The Kier molecular flexibility index (Phi) is 10.5. The quantitative estimate of drug-likeness (QED) is 0.253. The zero-order valence-corrected chi connectivity index (χ0v) is 23.0. The molecule has 2 aromatic carbocycles.